The smallest absolute Gasteiger partial charge is 0.323 e. The van der Waals surface area contributed by atoms with Crippen molar-refractivity contribution in [2.75, 3.05) is 111 Å². The van der Waals surface area contributed by atoms with Crippen molar-refractivity contribution in [1.82, 2.24) is 84.0 Å². The summed E-state index contributed by atoms with van der Waals surface area (Å²) in [4.78, 5) is 139. The Morgan fingerprint density at radius 2 is 0.811 bits per heavy atom. The normalized spacial score (nSPS) is 15.9. The molecule has 3 fully saturated rings. The van der Waals surface area contributed by atoms with Crippen LogP contribution in [-0.4, -0.2) is 288 Å². The van der Waals surface area contributed by atoms with Gasteiger partial charge in [-0.25, -0.2) is 0 Å². The zero-order chi connectivity index (χ0) is 96.0. The number of phenols is 4. The maximum atomic E-state index is 15.0. The molecule has 718 valence electrons. The third-order valence-corrected chi connectivity index (χ3v) is 24.1. The van der Waals surface area contributed by atoms with E-state index in [9.17, 15) is 54.0 Å². The van der Waals surface area contributed by atoms with Crippen LogP contribution in [0.4, 0.5) is 0 Å². The molecule has 0 aliphatic carbocycles. The largest absolute Gasteiger partial charge is 0.508 e. The fraction of sp³-hybridized carbons (Fsp3) is 0.582. The molecule has 132 heavy (non-hydrogen) atoms. The Labute approximate surface area is 774 Å². The first kappa shape index (κ1) is 101. The monoisotopic (exact) mass is 1830 g/mol. The van der Waals surface area contributed by atoms with Gasteiger partial charge in [0, 0.05) is 176 Å². The van der Waals surface area contributed by atoms with Gasteiger partial charge in [-0.15, -0.1) is 20.4 Å². The second-order valence-corrected chi connectivity index (χ2v) is 39.9. The van der Waals surface area contributed by atoms with Crippen LogP contribution in [0.5, 0.6) is 23.0 Å². The number of hydrogen-bond acceptors (Lipinski definition) is 25. The summed E-state index contributed by atoms with van der Waals surface area (Å²) in [5, 5.41) is 71.8. The second kappa shape index (κ2) is 43.9. The van der Waals surface area contributed by atoms with Gasteiger partial charge in [-0.3, -0.25) is 71.9 Å². The van der Waals surface area contributed by atoms with Crippen molar-refractivity contribution in [3.63, 3.8) is 0 Å². The summed E-state index contributed by atoms with van der Waals surface area (Å²) in [6, 6.07) is 19.5. The van der Waals surface area contributed by atoms with Gasteiger partial charge in [0.15, 0.2) is 11.6 Å². The number of nitrogens with zero attached hydrogens (tertiary/aromatic N) is 14. The number of phenolic OH excluding ortho intramolecular Hbond substituents is 4. The van der Waals surface area contributed by atoms with Crippen LogP contribution in [0.1, 0.15) is 233 Å². The van der Waals surface area contributed by atoms with E-state index >= 15 is 9.59 Å². The molecule has 7 N–H and O–H groups in total. The Hall–Kier alpha value is -11.5. The average molecular weight is 1830 g/mol. The molecule has 0 unspecified atom stereocenters. The molecule has 34 nitrogen and oxygen atoms in total. The number of benzene rings is 4. The lowest BCUT2D eigenvalue weighted by molar-refractivity contribution is -0.163. The summed E-state index contributed by atoms with van der Waals surface area (Å²) in [6.45, 7) is 38.2. The van der Waals surface area contributed by atoms with Crippen LogP contribution < -0.4 is 16.0 Å². The molecule has 3 saturated heterocycles. The highest BCUT2D eigenvalue weighted by atomic mass is 16.6. The molecule has 3 aliphatic rings. The first-order valence-corrected chi connectivity index (χ1v) is 46.7. The molecule has 5 amide bonds. The second-order valence-electron chi connectivity index (χ2n) is 39.9. The maximum Gasteiger partial charge on any atom is 0.323 e. The SMILES string of the molecule is CCNC(=O)c1nnc(-c2cc(C(C)C)c(O)cc2O)n1-c1ccc2c(ccn2CCC2CCN(C(=O)CC(CC(=O)N3CCC(CCn4ccc5cc(-n6c(C(=O)NCC)nnc6-c6cc(C(C)C)c(O)cc6O)ccc54)CC3)NC(=O)CC[C@H](C(=O)OC(C)(C)C)N3CCN(CC(=O)OC(C)(C)C)CCN(CC(=O)OC(C)(C)C)CCN(CC(=O)OC(C)(C)C)CC3)CC2)c1. The van der Waals surface area contributed by atoms with Crippen LogP contribution in [0, 0.1) is 11.8 Å². The maximum absolute atomic E-state index is 15.0. The van der Waals surface area contributed by atoms with Crippen LogP contribution in [0.15, 0.2) is 85.2 Å². The Bertz CT molecular complexity index is 5100. The lowest BCUT2D eigenvalue weighted by Crippen LogP contribution is -2.53. The summed E-state index contributed by atoms with van der Waals surface area (Å²) in [6.07, 6.45) is 7.83. The molecule has 8 aromatic rings. The first-order chi connectivity index (χ1) is 62.3. The molecule has 0 saturated carbocycles. The molecule has 0 radical (unpaired) electrons. The summed E-state index contributed by atoms with van der Waals surface area (Å²) >= 11 is 0. The van der Waals surface area contributed by atoms with Gasteiger partial charge >= 0.3 is 23.9 Å². The van der Waals surface area contributed by atoms with Crippen molar-refractivity contribution >= 4 is 75.2 Å². The molecule has 0 spiro atoms. The minimum atomic E-state index is -1.06. The van der Waals surface area contributed by atoms with Gasteiger partial charge in [-0.05, 0) is 237 Å². The van der Waals surface area contributed by atoms with E-state index in [1.807, 2.05) is 118 Å². The van der Waals surface area contributed by atoms with E-state index in [0.29, 0.717) is 125 Å². The number of aryl methyl sites for hydroxylation is 2. The number of aromatic nitrogens is 8. The summed E-state index contributed by atoms with van der Waals surface area (Å²) in [5.74, 6) is -3.58. The third-order valence-electron chi connectivity index (χ3n) is 24.1. The molecule has 11 rings (SSSR count). The minimum absolute atomic E-state index is 0.0220. The van der Waals surface area contributed by atoms with Crippen molar-refractivity contribution in [2.45, 2.75) is 248 Å². The fourth-order valence-corrected chi connectivity index (χ4v) is 17.5. The van der Waals surface area contributed by atoms with E-state index in [0.717, 1.165) is 34.6 Å². The number of rotatable bonds is 32. The average Bonchev–Trinajstić information content (AvgIpc) is 1.74. The predicted octanol–water partition coefficient (Wildman–Crippen LogP) is 11.6. The first-order valence-electron chi connectivity index (χ1n) is 46.7. The molecule has 0 bridgehead atoms. The summed E-state index contributed by atoms with van der Waals surface area (Å²) in [5.41, 5.74) is 1.52. The molecule has 7 heterocycles. The van der Waals surface area contributed by atoms with Gasteiger partial charge in [0.25, 0.3) is 11.8 Å². The van der Waals surface area contributed by atoms with Gasteiger partial charge in [0.05, 0.1) is 42.1 Å². The highest BCUT2D eigenvalue weighted by Gasteiger charge is 2.37. The number of piperidine rings is 2. The van der Waals surface area contributed by atoms with E-state index in [4.69, 9.17) is 18.9 Å². The van der Waals surface area contributed by atoms with Gasteiger partial charge in [-0.1, -0.05) is 27.7 Å². The number of amides is 5. The Balaban J connectivity index is 0.802. The molecular weight excluding hydrogens is 1690 g/mol. The molecule has 4 aromatic heterocycles. The number of ether oxygens (including phenoxy) is 4. The number of carbonyl (C=O) groups is 9. The molecule has 3 aliphatic heterocycles. The van der Waals surface area contributed by atoms with Gasteiger partial charge in [-0.2, -0.15) is 0 Å². The van der Waals surface area contributed by atoms with Crippen LogP contribution >= 0.6 is 0 Å². The summed E-state index contributed by atoms with van der Waals surface area (Å²) < 4.78 is 31.2. The number of carbonyl (C=O) groups excluding carboxylic acids is 9. The van der Waals surface area contributed by atoms with E-state index in [1.54, 1.807) is 118 Å². The Morgan fingerprint density at radius 3 is 1.16 bits per heavy atom. The summed E-state index contributed by atoms with van der Waals surface area (Å²) in [7, 11) is 0. The van der Waals surface area contributed by atoms with Crippen LogP contribution in [0.3, 0.4) is 0 Å². The van der Waals surface area contributed by atoms with Gasteiger partial charge in [0.2, 0.25) is 29.4 Å². The Kier molecular flexibility index (Phi) is 33.6. The highest BCUT2D eigenvalue weighted by molar-refractivity contribution is 5.94. The zero-order valence-corrected chi connectivity index (χ0v) is 80.4. The standard InChI is InChI=1S/C98H139N17O17/c1-19-99-92(126)90-104-102-88(73-55-71(62(3)4)78(116)57-80(73)118)114(90)69-21-23-75-66(51-69)33-41-109(75)35-27-64-29-37-112(38-30-64)83(121)53-68(54-84(122)113-39-31-65(32-40-113)28-36-110-42-34-67-52-70(22-24-76(67)110)115-89(103-105-91(115)93(127)100-20-2)74-56-72(63(5)6)79(117)58-81(74)119)101-82(120)26-25-77(94(128)132-98(16,17)18)111-49-47-107(60-86(124)130-96(10,11)12)45-43-106(59-85(123)129-95(7,8)9)44-46-108(48-50-111)61-87(125)131-97(13,14)15/h21-24,33-34,41-42,51-52,55-58,62-65,68,77,116-119H,19-20,25-32,35-40,43-50,53-54,59-61H2,1-18H3,(H,99,126)(H,100,127)(H,101,120)/t77-/m1/s1. The molecule has 1 atom stereocenters. The number of esters is 4. The number of fused-ring (bicyclic) bond motifs is 2. The quantitative estimate of drug-likeness (QED) is 0.0152. The van der Waals surface area contributed by atoms with Gasteiger partial charge in [0.1, 0.15) is 51.4 Å². The number of aromatic hydroxyl groups is 4. The lowest BCUT2D eigenvalue weighted by Gasteiger charge is -2.37. The number of hydrogen-bond donors (Lipinski definition) is 7. The number of nitrogens with one attached hydrogen (secondary N) is 3. The third kappa shape index (κ3) is 27.6. The molecule has 4 aromatic carbocycles. The fourth-order valence-electron chi connectivity index (χ4n) is 17.5. The van der Waals surface area contributed by atoms with E-state index in [1.165, 1.54) is 12.1 Å². The van der Waals surface area contributed by atoms with Crippen molar-refractivity contribution in [3.8, 4) is 57.1 Å². The van der Waals surface area contributed by atoms with Crippen molar-refractivity contribution in [2.24, 2.45) is 11.8 Å². The van der Waals surface area contributed by atoms with Crippen LogP contribution in [0.2, 0.25) is 0 Å². The van der Waals surface area contributed by atoms with Crippen LogP contribution in [-0.2, 0) is 65.6 Å². The van der Waals surface area contributed by atoms with Gasteiger partial charge < -0.3 is 74.3 Å². The zero-order valence-electron chi connectivity index (χ0n) is 80.4. The Morgan fingerprint density at radius 1 is 0.447 bits per heavy atom. The van der Waals surface area contributed by atoms with E-state index in [2.05, 4.69) is 45.5 Å². The van der Waals surface area contributed by atoms with Crippen LogP contribution in [0.25, 0.3) is 56.0 Å². The van der Waals surface area contributed by atoms with E-state index < -0.39 is 76.1 Å². The lowest BCUT2D eigenvalue weighted by atomic mass is 9.92. The number of likely N-dealkylation sites (tertiary alicyclic amines) is 2. The highest BCUT2D eigenvalue weighted by Crippen LogP contribution is 2.42. The van der Waals surface area contributed by atoms with Crippen molar-refractivity contribution in [3.05, 3.63) is 108 Å². The molecule has 34 heteroatoms. The topological polar surface area (TPSA) is 398 Å². The minimum Gasteiger partial charge on any atom is -0.508 e. The van der Waals surface area contributed by atoms with Crippen molar-refractivity contribution in [1.29, 1.82) is 0 Å². The molecular formula is C98H139N17O17. The van der Waals surface area contributed by atoms with Crippen molar-refractivity contribution < 1.29 is 82.5 Å². The predicted molar refractivity (Wildman–Crippen MR) is 502 cm³/mol. The van der Waals surface area contributed by atoms with E-state index in [-0.39, 0.29) is 166 Å².